The van der Waals surface area contributed by atoms with Gasteiger partial charge in [0.15, 0.2) is 0 Å². The van der Waals surface area contributed by atoms with Gasteiger partial charge in [0.25, 0.3) is 0 Å². The summed E-state index contributed by atoms with van der Waals surface area (Å²) in [5.74, 6) is 0.403. The van der Waals surface area contributed by atoms with E-state index in [-0.39, 0.29) is 23.6 Å². The Labute approximate surface area is 154 Å². The van der Waals surface area contributed by atoms with Crippen LogP contribution in [0.15, 0.2) is 30.3 Å². The minimum Gasteiger partial charge on any atom is -0.343 e. The summed E-state index contributed by atoms with van der Waals surface area (Å²) in [5, 5.41) is 0. The molecule has 2 fully saturated rings. The third kappa shape index (κ3) is 4.42. The van der Waals surface area contributed by atoms with Gasteiger partial charge in [-0.25, -0.2) is 0 Å². The van der Waals surface area contributed by atoms with Crippen LogP contribution in [-0.2, 0) is 20.8 Å². The van der Waals surface area contributed by atoms with Crippen LogP contribution in [0.1, 0.15) is 25.3 Å². The molecule has 3 rings (SSSR count). The van der Waals surface area contributed by atoms with Gasteiger partial charge in [-0.3, -0.25) is 14.4 Å². The van der Waals surface area contributed by atoms with E-state index in [0.717, 1.165) is 18.4 Å². The first-order valence-electron chi connectivity index (χ1n) is 9.40. The fourth-order valence-corrected chi connectivity index (χ4v) is 3.76. The van der Waals surface area contributed by atoms with Crippen molar-refractivity contribution in [1.82, 2.24) is 14.7 Å². The smallest absolute Gasteiger partial charge is 0.227 e. The molecule has 26 heavy (non-hydrogen) atoms. The molecule has 0 saturated carbocycles. The van der Waals surface area contributed by atoms with Gasteiger partial charge in [-0.05, 0) is 18.4 Å². The minimum atomic E-state index is 0.0113. The highest BCUT2D eigenvalue weighted by atomic mass is 16.2. The number of benzene rings is 1. The third-order valence-corrected chi connectivity index (χ3v) is 5.43. The van der Waals surface area contributed by atoms with Gasteiger partial charge >= 0.3 is 0 Å². The van der Waals surface area contributed by atoms with E-state index >= 15 is 0 Å². The maximum Gasteiger partial charge on any atom is 0.227 e. The van der Waals surface area contributed by atoms with E-state index in [0.29, 0.717) is 45.7 Å². The normalized spacial score (nSPS) is 18.7. The van der Waals surface area contributed by atoms with Crippen molar-refractivity contribution in [2.45, 2.75) is 26.2 Å². The average Bonchev–Trinajstić information content (AvgIpc) is 2.68. The van der Waals surface area contributed by atoms with Crippen LogP contribution in [0.2, 0.25) is 0 Å². The van der Waals surface area contributed by atoms with E-state index in [1.807, 2.05) is 45.0 Å². The number of piperazine rings is 1. The third-order valence-electron chi connectivity index (χ3n) is 5.43. The lowest BCUT2D eigenvalue weighted by Gasteiger charge is -2.38. The molecule has 2 saturated heterocycles. The second kappa shape index (κ2) is 8.34. The summed E-state index contributed by atoms with van der Waals surface area (Å²) in [6.45, 7) is 5.32. The first-order valence-corrected chi connectivity index (χ1v) is 9.40. The predicted molar refractivity (Wildman–Crippen MR) is 98.3 cm³/mol. The molecule has 2 heterocycles. The van der Waals surface area contributed by atoms with Crippen molar-refractivity contribution in [3.63, 3.8) is 0 Å². The number of piperidine rings is 1. The number of nitrogens with zero attached hydrogens (tertiary/aromatic N) is 3. The minimum absolute atomic E-state index is 0.0113. The SMILES string of the molecule is CC(=O)N1CCC(C(=O)N2CCN(C(=O)Cc3ccccc3)CC2)CC1. The van der Waals surface area contributed by atoms with Gasteiger partial charge in [0.1, 0.15) is 0 Å². The molecule has 0 bridgehead atoms. The molecule has 6 heteroatoms. The van der Waals surface area contributed by atoms with Crippen molar-refractivity contribution in [2.24, 2.45) is 5.92 Å². The summed E-state index contributed by atoms with van der Waals surface area (Å²) < 4.78 is 0. The van der Waals surface area contributed by atoms with Crippen LogP contribution in [0.4, 0.5) is 0 Å². The number of hydrogen-bond acceptors (Lipinski definition) is 3. The van der Waals surface area contributed by atoms with Crippen LogP contribution >= 0.6 is 0 Å². The van der Waals surface area contributed by atoms with Gasteiger partial charge in [-0.15, -0.1) is 0 Å². The number of carbonyl (C=O) groups excluding carboxylic acids is 3. The van der Waals surface area contributed by atoms with Gasteiger partial charge in [-0.1, -0.05) is 30.3 Å². The highest BCUT2D eigenvalue weighted by Gasteiger charge is 2.31. The van der Waals surface area contributed by atoms with E-state index < -0.39 is 0 Å². The topological polar surface area (TPSA) is 60.9 Å². The Morgan fingerprint density at radius 1 is 0.846 bits per heavy atom. The van der Waals surface area contributed by atoms with Gasteiger partial charge in [0, 0.05) is 52.1 Å². The fourth-order valence-electron chi connectivity index (χ4n) is 3.76. The zero-order valence-corrected chi connectivity index (χ0v) is 15.4. The van der Waals surface area contributed by atoms with E-state index in [2.05, 4.69) is 0 Å². The largest absolute Gasteiger partial charge is 0.343 e. The van der Waals surface area contributed by atoms with Crippen molar-refractivity contribution in [3.8, 4) is 0 Å². The van der Waals surface area contributed by atoms with Crippen molar-refractivity contribution in [1.29, 1.82) is 0 Å². The predicted octanol–water partition coefficient (Wildman–Crippen LogP) is 1.16. The standard InChI is InChI=1S/C20H27N3O3/c1-16(24)21-9-7-18(8-10-21)20(26)23-13-11-22(12-14-23)19(25)15-17-5-3-2-4-6-17/h2-6,18H,7-15H2,1H3. The highest BCUT2D eigenvalue weighted by Crippen LogP contribution is 2.20. The summed E-state index contributed by atoms with van der Waals surface area (Å²) in [5.41, 5.74) is 1.02. The van der Waals surface area contributed by atoms with Gasteiger partial charge in [0.2, 0.25) is 17.7 Å². The number of hydrogen-bond donors (Lipinski definition) is 0. The Bertz CT molecular complexity index is 646. The van der Waals surface area contributed by atoms with Crippen LogP contribution in [0.25, 0.3) is 0 Å². The molecule has 0 atom stereocenters. The number of likely N-dealkylation sites (tertiary alicyclic amines) is 1. The summed E-state index contributed by atoms with van der Waals surface area (Å²) in [4.78, 5) is 42.1. The number of amides is 3. The summed E-state index contributed by atoms with van der Waals surface area (Å²) in [6, 6.07) is 9.75. The lowest BCUT2D eigenvalue weighted by molar-refractivity contribution is -0.144. The number of carbonyl (C=O) groups is 3. The van der Waals surface area contributed by atoms with Crippen LogP contribution < -0.4 is 0 Å². The van der Waals surface area contributed by atoms with Crippen molar-refractivity contribution in [3.05, 3.63) is 35.9 Å². The van der Waals surface area contributed by atoms with Crippen molar-refractivity contribution < 1.29 is 14.4 Å². The molecule has 0 unspecified atom stereocenters. The Morgan fingerprint density at radius 2 is 1.42 bits per heavy atom. The number of rotatable bonds is 3. The second-order valence-corrected chi connectivity index (χ2v) is 7.15. The quantitative estimate of drug-likeness (QED) is 0.816. The first kappa shape index (κ1) is 18.4. The Hall–Kier alpha value is -2.37. The zero-order valence-electron chi connectivity index (χ0n) is 15.4. The second-order valence-electron chi connectivity index (χ2n) is 7.15. The van der Waals surface area contributed by atoms with Crippen LogP contribution in [-0.4, -0.2) is 71.7 Å². The Balaban J connectivity index is 1.45. The molecule has 0 spiro atoms. The van der Waals surface area contributed by atoms with Crippen LogP contribution in [0, 0.1) is 5.92 Å². The zero-order chi connectivity index (χ0) is 18.5. The maximum atomic E-state index is 12.7. The highest BCUT2D eigenvalue weighted by molar-refractivity contribution is 5.81. The Morgan fingerprint density at radius 3 is 2.00 bits per heavy atom. The monoisotopic (exact) mass is 357 g/mol. The molecule has 140 valence electrons. The van der Waals surface area contributed by atoms with Gasteiger partial charge in [0.05, 0.1) is 6.42 Å². The molecule has 1 aromatic rings. The summed E-state index contributed by atoms with van der Waals surface area (Å²) >= 11 is 0. The van der Waals surface area contributed by atoms with E-state index in [1.165, 1.54) is 0 Å². The maximum absolute atomic E-state index is 12.7. The van der Waals surface area contributed by atoms with E-state index in [4.69, 9.17) is 0 Å². The van der Waals surface area contributed by atoms with E-state index in [9.17, 15) is 14.4 Å². The molecule has 0 aliphatic carbocycles. The molecule has 1 aromatic carbocycles. The molecule has 2 aliphatic heterocycles. The fraction of sp³-hybridized carbons (Fsp3) is 0.550. The average molecular weight is 357 g/mol. The lowest BCUT2D eigenvalue weighted by atomic mass is 9.95. The molecule has 0 aromatic heterocycles. The Kier molecular flexibility index (Phi) is 5.91. The first-order chi connectivity index (χ1) is 12.5. The summed E-state index contributed by atoms with van der Waals surface area (Å²) in [7, 11) is 0. The van der Waals surface area contributed by atoms with E-state index in [1.54, 1.807) is 6.92 Å². The van der Waals surface area contributed by atoms with Gasteiger partial charge in [-0.2, -0.15) is 0 Å². The van der Waals surface area contributed by atoms with Gasteiger partial charge < -0.3 is 14.7 Å². The molecular weight excluding hydrogens is 330 g/mol. The van der Waals surface area contributed by atoms with Crippen molar-refractivity contribution >= 4 is 17.7 Å². The molecule has 2 aliphatic rings. The van der Waals surface area contributed by atoms with Crippen LogP contribution in [0.5, 0.6) is 0 Å². The molecular formula is C20H27N3O3. The summed E-state index contributed by atoms with van der Waals surface area (Å²) in [6.07, 6.45) is 1.90. The molecule has 0 radical (unpaired) electrons. The lowest BCUT2D eigenvalue weighted by Crippen LogP contribution is -2.53. The molecule has 3 amide bonds. The van der Waals surface area contributed by atoms with Crippen LogP contribution in [0.3, 0.4) is 0 Å². The van der Waals surface area contributed by atoms with Crippen molar-refractivity contribution in [2.75, 3.05) is 39.3 Å². The molecule has 0 N–H and O–H groups in total. The molecule has 6 nitrogen and oxygen atoms in total.